The molecule has 0 spiro atoms. The number of carbonyl (C=O) groups is 1. The smallest absolute Gasteiger partial charge is 0.276 e. The van der Waals surface area contributed by atoms with Crippen LogP contribution in [0, 0.1) is 35.7 Å². The fourth-order valence-electron chi connectivity index (χ4n) is 6.22. The van der Waals surface area contributed by atoms with Gasteiger partial charge in [-0.25, -0.2) is 18.2 Å². The molecule has 4 heterocycles. The fourth-order valence-corrected chi connectivity index (χ4v) is 6.90. The zero-order valence-corrected chi connectivity index (χ0v) is 28.2. The molecule has 0 bridgehead atoms. The van der Waals surface area contributed by atoms with Gasteiger partial charge in [0.15, 0.2) is 17.5 Å². The number of benzene rings is 1. The summed E-state index contributed by atoms with van der Waals surface area (Å²) in [5.41, 5.74) is -0.556. The molecule has 14 heteroatoms. The van der Waals surface area contributed by atoms with E-state index in [9.17, 15) is 23.6 Å². The van der Waals surface area contributed by atoms with Crippen LogP contribution in [-0.4, -0.2) is 50.5 Å². The minimum atomic E-state index is -1.88. The Morgan fingerprint density at radius 3 is 2.30 bits per heavy atom. The Morgan fingerprint density at radius 2 is 1.72 bits per heavy atom. The highest BCUT2D eigenvalue weighted by Crippen LogP contribution is 2.43. The normalized spacial score (nSPS) is 16.6. The monoisotopic (exact) mass is 702 g/mol. The molecule has 1 aliphatic heterocycles. The topological polar surface area (TPSA) is 95.1 Å². The highest BCUT2D eigenvalue weighted by molar-refractivity contribution is 6.44. The summed E-state index contributed by atoms with van der Waals surface area (Å²) in [6, 6.07) is 4.39. The molecule has 0 radical (unpaired) electrons. The first kappa shape index (κ1) is 34.2. The van der Waals surface area contributed by atoms with Gasteiger partial charge in [0.05, 0.1) is 43.4 Å². The maximum Gasteiger partial charge on any atom is 0.276 e. The summed E-state index contributed by atoms with van der Waals surface area (Å²) in [6.45, 7) is 13.2. The molecule has 1 amide bonds. The van der Waals surface area contributed by atoms with E-state index >= 15 is 4.39 Å². The lowest BCUT2D eigenvalue weighted by Gasteiger charge is -2.45. The van der Waals surface area contributed by atoms with Gasteiger partial charge in [-0.1, -0.05) is 55.2 Å². The van der Waals surface area contributed by atoms with Crippen molar-refractivity contribution in [3.05, 3.63) is 90.7 Å². The quantitative estimate of drug-likeness (QED) is 0.120. The van der Waals surface area contributed by atoms with Gasteiger partial charge in [0, 0.05) is 36.8 Å². The number of aromatic nitrogens is 3. The molecule has 0 aliphatic carbocycles. The van der Waals surface area contributed by atoms with Gasteiger partial charge in [-0.15, -0.1) is 0 Å². The maximum atomic E-state index is 15.4. The van der Waals surface area contributed by atoms with Gasteiger partial charge in [0.25, 0.3) is 5.56 Å². The number of aryl methyl sites for hydroxylation is 1. The SMILES string of the molecule is C=CC(=O)N1[C@H](C)CN(c2c(C#N)c(=O)n(-c3c(C)ccnc3C(C)C)c3nc(-c4c(F)c(F)c(F)c(Cl)c4Cl)c(Cl)cc23)C[C@@H]1C. The molecule has 3 aromatic heterocycles. The van der Waals surface area contributed by atoms with Crippen molar-refractivity contribution in [1.29, 1.82) is 5.26 Å². The molecular weight excluding hydrogens is 676 g/mol. The van der Waals surface area contributed by atoms with Gasteiger partial charge in [-0.2, -0.15) is 5.26 Å². The van der Waals surface area contributed by atoms with Crippen molar-refractivity contribution in [3.63, 3.8) is 0 Å². The van der Waals surface area contributed by atoms with Crippen molar-refractivity contribution in [3.8, 4) is 23.0 Å². The minimum absolute atomic E-state index is 0.0809. The average Bonchev–Trinajstić information content (AvgIpc) is 3.02. The molecule has 244 valence electrons. The Balaban J connectivity index is 1.95. The van der Waals surface area contributed by atoms with Gasteiger partial charge >= 0.3 is 0 Å². The Bertz CT molecular complexity index is 2050. The average molecular weight is 704 g/mol. The molecule has 0 unspecified atom stereocenters. The summed E-state index contributed by atoms with van der Waals surface area (Å²) in [6.07, 6.45) is 2.81. The number of pyridine rings is 3. The lowest BCUT2D eigenvalue weighted by Crippen LogP contribution is -2.58. The Labute approximate surface area is 283 Å². The number of carbonyl (C=O) groups excluding carboxylic acids is 1. The predicted molar refractivity (Wildman–Crippen MR) is 177 cm³/mol. The fraction of sp³-hybridized carbons (Fsp3) is 0.303. The highest BCUT2D eigenvalue weighted by Gasteiger charge is 2.36. The van der Waals surface area contributed by atoms with E-state index in [0.717, 1.165) is 0 Å². The van der Waals surface area contributed by atoms with Crippen molar-refractivity contribution in [2.75, 3.05) is 18.0 Å². The number of amides is 1. The predicted octanol–water partition coefficient (Wildman–Crippen LogP) is 7.74. The molecule has 5 rings (SSSR count). The number of nitriles is 1. The third-order valence-electron chi connectivity index (χ3n) is 8.22. The zero-order valence-electron chi connectivity index (χ0n) is 25.9. The number of halogens is 6. The summed E-state index contributed by atoms with van der Waals surface area (Å²) in [5, 5.41) is 8.91. The number of hydrogen-bond donors (Lipinski definition) is 0. The summed E-state index contributed by atoms with van der Waals surface area (Å²) in [7, 11) is 0. The van der Waals surface area contributed by atoms with Crippen LogP contribution >= 0.6 is 34.8 Å². The first-order valence-electron chi connectivity index (χ1n) is 14.5. The van der Waals surface area contributed by atoms with Crippen molar-refractivity contribution >= 4 is 57.4 Å². The molecule has 0 N–H and O–H groups in total. The lowest BCUT2D eigenvalue weighted by atomic mass is 10.0. The van der Waals surface area contributed by atoms with Crippen LogP contribution in [0.5, 0.6) is 0 Å². The second-order valence-corrected chi connectivity index (χ2v) is 12.8. The van der Waals surface area contributed by atoms with E-state index in [4.69, 9.17) is 34.8 Å². The van der Waals surface area contributed by atoms with E-state index in [-0.39, 0.29) is 64.3 Å². The third kappa shape index (κ3) is 5.52. The molecular formula is C33H28Cl3F3N6O2. The molecule has 8 nitrogen and oxygen atoms in total. The van der Waals surface area contributed by atoms with E-state index in [1.165, 1.54) is 16.7 Å². The van der Waals surface area contributed by atoms with Gasteiger partial charge in [-0.3, -0.25) is 19.1 Å². The number of anilines is 1. The van der Waals surface area contributed by atoms with Crippen molar-refractivity contribution in [2.24, 2.45) is 0 Å². The van der Waals surface area contributed by atoms with Gasteiger partial charge in [0.1, 0.15) is 17.3 Å². The number of rotatable bonds is 5. The number of fused-ring (bicyclic) bond motifs is 1. The van der Waals surface area contributed by atoms with E-state index in [1.807, 2.05) is 27.7 Å². The molecule has 1 fully saturated rings. The second-order valence-electron chi connectivity index (χ2n) is 11.7. The standard InChI is InChI=1S/C33H28Cl3F3N6O2/c1-7-21(46)44-16(5)12-43(13-17(44)6)31-18-10-20(34)29(22-23(35)24(36)26(38)27(39)25(22)37)42-32(18)45(33(47)19(31)11-40)30-15(4)8-9-41-28(30)14(2)3/h7-10,14,16-17H,1,12-13H2,2-6H3/t16-,17+. The van der Waals surface area contributed by atoms with Crippen LogP contribution in [0.4, 0.5) is 18.9 Å². The van der Waals surface area contributed by atoms with Crippen LogP contribution in [0.3, 0.4) is 0 Å². The summed E-state index contributed by atoms with van der Waals surface area (Å²) in [5.74, 6) is -5.71. The maximum absolute atomic E-state index is 15.4. The van der Waals surface area contributed by atoms with Crippen LogP contribution in [-0.2, 0) is 4.79 Å². The molecule has 1 aliphatic rings. The third-order valence-corrected chi connectivity index (χ3v) is 9.34. The van der Waals surface area contributed by atoms with Gasteiger partial charge < -0.3 is 9.80 Å². The number of nitrogens with zero attached hydrogens (tertiary/aromatic N) is 6. The molecule has 47 heavy (non-hydrogen) atoms. The molecule has 2 atom stereocenters. The summed E-state index contributed by atoms with van der Waals surface area (Å²) >= 11 is 18.9. The van der Waals surface area contributed by atoms with Crippen LogP contribution in [0.2, 0.25) is 15.1 Å². The highest BCUT2D eigenvalue weighted by atomic mass is 35.5. The lowest BCUT2D eigenvalue weighted by molar-refractivity contribution is -0.130. The van der Waals surface area contributed by atoms with Crippen molar-refractivity contribution < 1.29 is 18.0 Å². The van der Waals surface area contributed by atoms with Crippen molar-refractivity contribution in [1.82, 2.24) is 19.4 Å². The van der Waals surface area contributed by atoms with E-state index in [1.54, 1.807) is 29.0 Å². The Morgan fingerprint density at radius 1 is 1.09 bits per heavy atom. The first-order valence-corrected chi connectivity index (χ1v) is 15.7. The largest absolute Gasteiger partial charge is 0.366 e. The van der Waals surface area contributed by atoms with Gasteiger partial charge in [0.2, 0.25) is 5.91 Å². The van der Waals surface area contributed by atoms with Crippen LogP contribution in [0.25, 0.3) is 28.0 Å². The van der Waals surface area contributed by atoms with Gasteiger partial charge in [-0.05, 0) is 50.5 Å². The van der Waals surface area contributed by atoms with Crippen LogP contribution in [0.1, 0.15) is 50.4 Å². The van der Waals surface area contributed by atoms with E-state index < -0.39 is 44.3 Å². The van der Waals surface area contributed by atoms with E-state index in [0.29, 0.717) is 16.9 Å². The summed E-state index contributed by atoms with van der Waals surface area (Å²) < 4.78 is 45.5. The minimum Gasteiger partial charge on any atom is -0.366 e. The Kier molecular flexibility index (Phi) is 9.34. The molecule has 4 aromatic rings. The first-order chi connectivity index (χ1) is 22.2. The molecule has 0 saturated carbocycles. The second kappa shape index (κ2) is 12.8. The van der Waals surface area contributed by atoms with Crippen LogP contribution < -0.4 is 10.5 Å². The van der Waals surface area contributed by atoms with Crippen LogP contribution in [0.15, 0.2) is 35.8 Å². The molecule has 1 saturated heterocycles. The summed E-state index contributed by atoms with van der Waals surface area (Å²) in [4.78, 5) is 39.7. The zero-order chi connectivity index (χ0) is 34.6. The van der Waals surface area contributed by atoms with Crippen molar-refractivity contribution in [2.45, 2.75) is 52.6 Å². The van der Waals surface area contributed by atoms with E-state index in [2.05, 4.69) is 22.6 Å². The molecule has 1 aromatic carbocycles. The Hall–Kier alpha value is -4.11. The number of piperazine rings is 1. The number of hydrogen-bond acceptors (Lipinski definition) is 6.